The number of hydrogen-bond donors (Lipinski definition) is 0. The van der Waals surface area contributed by atoms with Crippen molar-refractivity contribution < 1.29 is 4.79 Å². The standard InChI is InChI=1S/C4H2BNOS/c5-3-1-6-4(2-7)8-3/h1-2H. The van der Waals surface area contributed by atoms with Crippen molar-refractivity contribution in [3.05, 3.63) is 11.2 Å². The van der Waals surface area contributed by atoms with Crippen molar-refractivity contribution in [3.8, 4) is 0 Å². The van der Waals surface area contributed by atoms with E-state index >= 15 is 0 Å². The molecule has 0 spiro atoms. The molecule has 2 radical (unpaired) electrons. The number of aromatic nitrogens is 1. The van der Waals surface area contributed by atoms with Gasteiger partial charge in [0.2, 0.25) is 0 Å². The molecular formula is C4H2BNOS. The summed E-state index contributed by atoms with van der Waals surface area (Å²) < 4.78 is 0.576. The van der Waals surface area contributed by atoms with Crippen LogP contribution in [0.4, 0.5) is 0 Å². The molecule has 0 N–H and O–H groups in total. The molecule has 0 saturated heterocycles. The van der Waals surface area contributed by atoms with Crippen LogP contribution in [0.2, 0.25) is 0 Å². The zero-order chi connectivity index (χ0) is 5.98. The van der Waals surface area contributed by atoms with Crippen LogP contribution in [0.3, 0.4) is 0 Å². The number of carbonyl (C=O) groups excluding carboxylic acids is 1. The average Bonchev–Trinajstić information content (AvgIpc) is 2.14. The molecule has 38 valence electrons. The molecule has 2 nitrogen and oxygen atoms in total. The van der Waals surface area contributed by atoms with Crippen LogP contribution < -0.4 is 4.78 Å². The normalized spacial score (nSPS) is 9.00. The molecule has 0 saturated carbocycles. The van der Waals surface area contributed by atoms with E-state index < -0.39 is 0 Å². The maximum Gasteiger partial charge on any atom is 0.178 e. The van der Waals surface area contributed by atoms with Gasteiger partial charge in [-0.1, -0.05) is 0 Å². The summed E-state index contributed by atoms with van der Waals surface area (Å²) in [4.78, 5) is 13.6. The first kappa shape index (κ1) is 5.50. The maximum atomic E-state index is 9.91. The highest BCUT2D eigenvalue weighted by Gasteiger charge is 1.91. The highest BCUT2D eigenvalue weighted by molar-refractivity contribution is 7.20. The second kappa shape index (κ2) is 2.09. The Hall–Kier alpha value is -0.635. The lowest BCUT2D eigenvalue weighted by Gasteiger charge is -1.68. The molecule has 0 aliphatic carbocycles. The van der Waals surface area contributed by atoms with Crippen molar-refractivity contribution in [1.82, 2.24) is 4.98 Å². The Morgan fingerprint density at radius 2 is 2.62 bits per heavy atom. The summed E-state index contributed by atoms with van der Waals surface area (Å²) in [7, 11) is 5.25. The minimum atomic E-state index is 0.433. The predicted molar refractivity (Wildman–Crippen MR) is 32.9 cm³/mol. The van der Waals surface area contributed by atoms with Crippen LogP contribution in [0.25, 0.3) is 0 Å². The highest BCUT2D eigenvalue weighted by Crippen LogP contribution is 1.94. The largest absolute Gasteiger partial charge is 0.295 e. The van der Waals surface area contributed by atoms with E-state index in [9.17, 15) is 4.79 Å². The number of rotatable bonds is 1. The summed E-state index contributed by atoms with van der Waals surface area (Å²) in [5, 5.41) is 0.433. The Kier molecular flexibility index (Phi) is 1.44. The van der Waals surface area contributed by atoms with Gasteiger partial charge in [0.05, 0.1) is 0 Å². The van der Waals surface area contributed by atoms with Crippen molar-refractivity contribution in [1.29, 1.82) is 0 Å². The minimum Gasteiger partial charge on any atom is -0.295 e. The number of thiazole rings is 1. The molecule has 4 heteroatoms. The van der Waals surface area contributed by atoms with E-state index in [0.717, 1.165) is 0 Å². The first-order valence-electron chi connectivity index (χ1n) is 1.99. The fourth-order valence-electron chi connectivity index (χ4n) is 0.355. The van der Waals surface area contributed by atoms with Gasteiger partial charge in [-0.3, -0.25) is 4.79 Å². The van der Waals surface area contributed by atoms with Crippen LogP contribution in [0.15, 0.2) is 6.20 Å². The third-order valence-electron chi connectivity index (χ3n) is 0.642. The summed E-state index contributed by atoms with van der Waals surface area (Å²) in [6.45, 7) is 0. The Balaban J connectivity index is 3.00. The maximum absolute atomic E-state index is 9.91. The molecule has 1 aromatic heterocycles. The molecule has 0 amide bonds. The van der Waals surface area contributed by atoms with Crippen LogP contribution in [-0.4, -0.2) is 19.1 Å². The smallest absolute Gasteiger partial charge is 0.178 e. The summed E-state index contributed by atoms with van der Waals surface area (Å²) in [5.74, 6) is 0. The molecular weight excluding hydrogens is 121 g/mol. The van der Waals surface area contributed by atoms with Crippen LogP contribution in [-0.2, 0) is 0 Å². The van der Waals surface area contributed by atoms with Gasteiger partial charge in [-0.15, -0.1) is 11.3 Å². The lowest BCUT2D eigenvalue weighted by molar-refractivity contribution is 0.112. The molecule has 0 aliphatic heterocycles. The highest BCUT2D eigenvalue weighted by atomic mass is 32.1. The Labute approximate surface area is 52.0 Å². The predicted octanol–water partition coefficient (Wildman–Crippen LogP) is -0.251. The van der Waals surface area contributed by atoms with Crippen LogP contribution >= 0.6 is 11.3 Å². The second-order valence-electron chi connectivity index (χ2n) is 1.22. The Morgan fingerprint density at radius 1 is 1.88 bits per heavy atom. The fourth-order valence-corrected chi connectivity index (χ4v) is 0.856. The lowest BCUT2D eigenvalue weighted by atomic mass is 10.1. The number of hydrogen-bond acceptors (Lipinski definition) is 3. The lowest BCUT2D eigenvalue weighted by Crippen LogP contribution is -1.89. The van der Waals surface area contributed by atoms with Crippen molar-refractivity contribution in [3.63, 3.8) is 0 Å². The monoisotopic (exact) mass is 123 g/mol. The van der Waals surface area contributed by atoms with E-state index in [1.807, 2.05) is 0 Å². The summed E-state index contributed by atoms with van der Waals surface area (Å²) in [5.41, 5.74) is 0. The first-order valence-corrected chi connectivity index (χ1v) is 2.81. The zero-order valence-corrected chi connectivity index (χ0v) is 4.81. The van der Waals surface area contributed by atoms with Crippen molar-refractivity contribution in [2.24, 2.45) is 0 Å². The van der Waals surface area contributed by atoms with Gasteiger partial charge >= 0.3 is 0 Å². The van der Waals surface area contributed by atoms with E-state index in [4.69, 9.17) is 7.85 Å². The quantitative estimate of drug-likeness (QED) is 0.380. The van der Waals surface area contributed by atoms with Gasteiger partial charge in [0.15, 0.2) is 11.3 Å². The molecule has 1 aromatic rings. The van der Waals surface area contributed by atoms with Crippen molar-refractivity contribution in [2.45, 2.75) is 0 Å². The zero-order valence-electron chi connectivity index (χ0n) is 4.00. The minimum absolute atomic E-state index is 0.433. The third kappa shape index (κ3) is 0.951. The van der Waals surface area contributed by atoms with Crippen molar-refractivity contribution >= 4 is 30.2 Å². The van der Waals surface area contributed by atoms with E-state index in [0.29, 0.717) is 16.1 Å². The molecule has 0 aromatic carbocycles. The molecule has 0 aliphatic rings. The molecule has 0 fully saturated rings. The van der Waals surface area contributed by atoms with E-state index in [2.05, 4.69) is 4.98 Å². The van der Waals surface area contributed by atoms with Gasteiger partial charge in [-0.2, -0.15) is 0 Å². The van der Waals surface area contributed by atoms with Crippen LogP contribution in [0.5, 0.6) is 0 Å². The fraction of sp³-hybridized carbons (Fsp3) is 0. The van der Waals surface area contributed by atoms with Gasteiger partial charge in [0.25, 0.3) is 0 Å². The van der Waals surface area contributed by atoms with Crippen LogP contribution in [0, 0.1) is 0 Å². The van der Waals surface area contributed by atoms with Gasteiger partial charge in [0, 0.05) is 6.20 Å². The number of nitrogens with zero attached hydrogens (tertiary/aromatic N) is 1. The van der Waals surface area contributed by atoms with Gasteiger partial charge in [0.1, 0.15) is 7.85 Å². The summed E-state index contributed by atoms with van der Waals surface area (Å²) in [6, 6.07) is 0. The molecule has 0 bridgehead atoms. The van der Waals surface area contributed by atoms with E-state index in [1.165, 1.54) is 17.5 Å². The van der Waals surface area contributed by atoms with Gasteiger partial charge in [-0.25, -0.2) is 4.98 Å². The number of aldehydes is 1. The first-order chi connectivity index (χ1) is 3.83. The summed E-state index contributed by atoms with van der Waals surface area (Å²) >= 11 is 1.19. The summed E-state index contributed by atoms with van der Waals surface area (Å²) in [6.07, 6.45) is 2.15. The second-order valence-corrected chi connectivity index (χ2v) is 2.31. The molecule has 1 rings (SSSR count). The SMILES string of the molecule is [B]c1cnc(C=O)s1. The Morgan fingerprint density at radius 3 is 2.88 bits per heavy atom. The van der Waals surface area contributed by atoms with Gasteiger partial charge in [-0.05, 0) is 4.78 Å². The molecule has 1 heterocycles. The third-order valence-corrected chi connectivity index (χ3v) is 1.39. The number of carbonyl (C=O) groups is 1. The van der Waals surface area contributed by atoms with Crippen molar-refractivity contribution in [2.75, 3.05) is 0 Å². The molecule has 0 atom stereocenters. The topological polar surface area (TPSA) is 30.0 Å². The van der Waals surface area contributed by atoms with Gasteiger partial charge < -0.3 is 0 Å². The van der Waals surface area contributed by atoms with Crippen LogP contribution in [0.1, 0.15) is 9.80 Å². The molecule has 8 heavy (non-hydrogen) atoms. The Bertz CT molecular complexity index is 198. The van der Waals surface area contributed by atoms with E-state index in [1.54, 1.807) is 0 Å². The molecule has 0 unspecified atom stereocenters. The average molecular weight is 123 g/mol. The van der Waals surface area contributed by atoms with E-state index in [-0.39, 0.29) is 0 Å².